The van der Waals surface area contributed by atoms with Crippen LogP contribution in [-0.4, -0.2) is 38.5 Å². The van der Waals surface area contributed by atoms with E-state index < -0.39 is 0 Å². The molecule has 0 spiro atoms. The Bertz CT molecular complexity index is 1130. The Balaban J connectivity index is 1.38. The van der Waals surface area contributed by atoms with Crippen molar-refractivity contribution in [3.05, 3.63) is 95.4 Å². The smallest absolute Gasteiger partial charge is 0.265 e. The summed E-state index contributed by atoms with van der Waals surface area (Å²) in [4.78, 5) is 31.3. The zero-order valence-electron chi connectivity index (χ0n) is 18.6. The molecule has 3 aromatic carbocycles. The number of amides is 2. The van der Waals surface area contributed by atoms with Crippen molar-refractivity contribution >= 4 is 41.0 Å². The Morgan fingerprint density at radius 3 is 2.39 bits per heavy atom. The number of anilines is 2. The van der Waals surface area contributed by atoms with Gasteiger partial charge in [0.15, 0.2) is 0 Å². The highest BCUT2D eigenvalue weighted by Gasteiger charge is 2.30. The first-order chi connectivity index (χ1) is 16.1. The molecule has 1 aliphatic heterocycles. The molecule has 2 amide bonds. The summed E-state index contributed by atoms with van der Waals surface area (Å²) < 4.78 is 0. The topological polar surface area (TPSA) is 52.7 Å². The van der Waals surface area contributed by atoms with Gasteiger partial charge >= 0.3 is 0 Å². The van der Waals surface area contributed by atoms with E-state index in [0.717, 1.165) is 34.8 Å². The lowest BCUT2D eigenvalue weighted by Gasteiger charge is -2.30. The molecule has 6 heteroatoms. The molecule has 0 bridgehead atoms. The van der Waals surface area contributed by atoms with Crippen LogP contribution in [0.3, 0.4) is 0 Å². The minimum Gasteiger partial charge on any atom is -0.375 e. The minimum absolute atomic E-state index is 0.00292. The van der Waals surface area contributed by atoms with Gasteiger partial charge in [-0.25, -0.2) is 0 Å². The van der Waals surface area contributed by atoms with Crippen LogP contribution in [0.4, 0.5) is 11.4 Å². The van der Waals surface area contributed by atoms with Crippen molar-refractivity contribution in [3.8, 4) is 0 Å². The maximum atomic E-state index is 13.3. The van der Waals surface area contributed by atoms with Crippen LogP contribution in [0.2, 0.25) is 0 Å². The average Bonchev–Trinajstić information content (AvgIpc) is 2.85. The van der Waals surface area contributed by atoms with Crippen molar-refractivity contribution in [1.29, 1.82) is 0 Å². The van der Waals surface area contributed by atoms with Crippen LogP contribution in [0.1, 0.15) is 12.0 Å². The van der Waals surface area contributed by atoms with Crippen molar-refractivity contribution in [2.24, 2.45) is 0 Å². The summed E-state index contributed by atoms with van der Waals surface area (Å²) in [6, 6.07) is 27.6. The summed E-state index contributed by atoms with van der Waals surface area (Å²) >= 11 is 1.45. The second-order valence-corrected chi connectivity index (χ2v) is 8.92. The summed E-state index contributed by atoms with van der Waals surface area (Å²) in [6.45, 7) is 1.38. The quantitative estimate of drug-likeness (QED) is 0.390. The summed E-state index contributed by atoms with van der Waals surface area (Å²) in [5.74, 6) is -0.312. The maximum Gasteiger partial charge on any atom is 0.265 e. The number of rotatable bonds is 8. The van der Waals surface area contributed by atoms with Crippen LogP contribution in [0, 0.1) is 0 Å². The number of hydrogen-bond acceptors (Lipinski definition) is 4. The second kappa shape index (κ2) is 10.9. The first-order valence-corrected chi connectivity index (χ1v) is 11.8. The third-order valence-electron chi connectivity index (χ3n) is 5.42. The van der Waals surface area contributed by atoms with Gasteiger partial charge in [-0.3, -0.25) is 14.5 Å². The molecule has 0 aliphatic carbocycles. The van der Waals surface area contributed by atoms with E-state index in [0.29, 0.717) is 11.4 Å². The van der Waals surface area contributed by atoms with Gasteiger partial charge in [0.2, 0.25) is 5.91 Å². The second-order valence-electron chi connectivity index (χ2n) is 7.84. The Labute approximate surface area is 199 Å². The molecule has 0 saturated heterocycles. The molecule has 1 heterocycles. The predicted octanol–water partition coefficient (Wildman–Crippen LogP) is 4.81. The van der Waals surface area contributed by atoms with Crippen molar-refractivity contribution < 1.29 is 9.59 Å². The number of nitrogens with zero attached hydrogens (tertiary/aromatic N) is 2. The molecule has 33 heavy (non-hydrogen) atoms. The molecule has 0 radical (unpaired) electrons. The third-order valence-corrected chi connectivity index (χ3v) is 6.50. The zero-order chi connectivity index (χ0) is 23.0. The van der Waals surface area contributed by atoms with E-state index in [1.807, 2.05) is 85.9 Å². The van der Waals surface area contributed by atoms with Gasteiger partial charge < -0.3 is 10.2 Å². The molecule has 1 N–H and O–H groups in total. The number of fused-ring (bicyclic) bond motifs is 1. The lowest BCUT2D eigenvalue weighted by atomic mass is 10.2. The Hall–Kier alpha value is -3.51. The third kappa shape index (κ3) is 5.84. The molecule has 168 valence electrons. The lowest BCUT2D eigenvalue weighted by molar-refractivity contribution is -0.122. The molecule has 0 fully saturated rings. The molecule has 4 rings (SSSR count). The van der Waals surface area contributed by atoms with Crippen LogP contribution >= 0.6 is 11.8 Å². The minimum atomic E-state index is -0.161. The normalized spacial score (nSPS) is 14.2. The summed E-state index contributed by atoms with van der Waals surface area (Å²) in [5.41, 5.74) is 2.88. The summed E-state index contributed by atoms with van der Waals surface area (Å²) in [6.07, 6.45) is 2.70. The van der Waals surface area contributed by atoms with Crippen molar-refractivity contribution in [2.75, 3.05) is 36.5 Å². The van der Waals surface area contributed by atoms with Gasteiger partial charge in [-0.15, -0.1) is 0 Å². The van der Waals surface area contributed by atoms with Crippen molar-refractivity contribution in [2.45, 2.75) is 11.3 Å². The van der Waals surface area contributed by atoms with Gasteiger partial charge in [0.25, 0.3) is 5.91 Å². The fourth-order valence-electron chi connectivity index (χ4n) is 3.67. The Morgan fingerprint density at radius 2 is 1.64 bits per heavy atom. The van der Waals surface area contributed by atoms with E-state index in [4.69, 9.17) is 0 Å². The monoisotopic (exact) mass is 457 g/mol. The highest BCUT2D eigenvalue weighted by Crippen LogP contribution is 2.41. The lowest BCUT2D eigenvalue weighted by Crippen LogP contribution is -2.43. The molecule has 1 aliphatic rings. The first kappa shape index (κ1) is 22.7. The Morgan fingerprint density at radius 1 is 0.970 bits per heavy atom. The highest BCUT2D eigenvalue weighted by molar-refractivity contribution is 8.04. The molecule has 0 atom stereocenters. The number of carbonyl (C=O) groups excluding carboxylic acids is 2. The largest absolute Gasteiger partial charge is 0.375 e. The standard InChI is InChI=1S/C27H27N3O2S/c1-29(22-13-6-3-7-14-22)18-10-17-28-26(31)20-30-23-15-8-9-16-24(23)33-25(27(30)32)19-21-11-4-2-5-12-21/h2-9,11-16,19H,10,17-18,20H2,1H3,(H,28,31)/b25-19-. The zero-order valence-corrected chi connectivity index (χ0v) is 19.4. The number of carbonyl (C=O) groups is 2. The van der Waals surface area contributed by atoms with E-state index in [1.165, 1.54) is 11.8 Å². The molecule has 0 unspecified atom stereocenters. The molecule has 0 aromatic heterocycles. The first-order valence-electron chi connectivity index (χ1n) is 11.0. The van der Waals surface area contributed by atoms with Crippen LogP contribution in [0.5, 0.6) is 0 Å². The van der Waals surface area contributed by atoms with E-state index >= 15 is 0 Å². The number of hydrogen-bond donors (Lipinski definition) is 1. The van der Waals surface area contributed by atoms with Crippen LogP contribution in [0.15, 0.2) is 94.7 Å². The van der Waals surface area contributed by atoms with Crippen molar-refractivity contribution in [1.82, 2.24) is 5.32 Å². The van der Waals surface area contributed by atoms with Gasteiger partial charge in [0.1, 0.15) is 6.54 Å². The Kier molecular flexibility index (Phi) is 7.47. The van der Waals surface area contributed by atoms with Gasteiger partial charge in [0.05, 0.1) is 10.6 Å². The summed E-state index contributed by atoms with van der Waals surface area (Å²) in [5, 5.41) is 2.97. The van der Waals surface area contributed by atoms with Gasteiger partial charge in [-0.1, -0.05) is 72.4 Å². The van der Waals surface area contributed by atoms with Gasteiger partial charge in [-0.05, 0) is 42.3 Å². The fraction of sp³-hybridized carbons (Fsp3) is 0.185. The van der Waals surface area contributed by atoms with Gasteiger partial charge in [-0.2, -0.15) is 0 Å². The predicted molar refractivity (Wildman–Crippen MR) is 136 cm³/mol. The van der Waals surface area contributed by atoms with Crippen LogP contribution in [-0.2, 0) is 9.59 Å². The van der Waals surface area contributed by atoms with Crippen LogP contribution in [0.25, 0.3) is 6.08 Å². The fourth-order valence-corrected chi connectivity index (χ4v) is 4.73. The van der Waals surface area contributed by atoms with Gasteiger partial charge in [0, 0.05) is 30.7 Å². The van der Waals surface area contributed by atoms with E-state index in [-0.39, 0.29) is 18.4 Å². The number of para-hydroxylation sites is 2. The van der Waals surface area contributed by atoms with Crippen molar-refractivity contribution in [3.63, 3.8) is 0 Å². The number of thioether (sulfide) groups is 1. The molecule has 3 aromatic rings. The molecule has 0 saturated carbocycles. The summed E-state index contributed by atoms with van der Waals surface area (Å²) in [7, 11) is 2.04. The maximum absolute atomic E-state index is 13.3. The molecule has 5 nitrogen and oxygen atoms in total. The highest BCUT2D eigenvalue weighted by atomic mass is 32.2. The average molecular weight is 458 g/mol. The molecular weight excluding hydrogens is 430 g/mol. The van der Waals surface area contributed by atoms with E-state index in [1.54, 1.807) is 4.90 Å². The SMILES string of the molecule is CN(CCCNC(=O)CN1C(=O)/C(=C/c2ccccc2)Sc2ccccc21)c1ccccc1. The van der Waals surface area contributed by atoms with Crippen LogP contribution < -0.4 is 15.1 Å². The van der Waals surface area contributed by atoms with E-state index in [9.17, 15) is 9.59 Å². The number of nitrogens with one attached hydrogen (secondary N) is 1. The molecular formula is C27H27N3O2S. The number of benzene rings is 3. The van der Waals surface area contributed by atoms with E-state index in [2.05, 4.69) is 22.3 Å².